The Morgan fingerprint density at radius 1 is 1.24 bits per heavy atom. The molecule has 0 aromatic heterocycles. The number of aliphatic carboxylic acids is 1. The quantitative estimate of drug-likeness (QED) is 0.676. The van der Waals surface area contributed by atoms with Gasteiger partial charge in [-0.25, -0.2) is 4.79 Å². The maximum Gasteiger partial charge on any atom is 0.352 e. The van der Waals surface area contributed by atoms with Gasteiger partial charge in [-0.05, 0) is 24.6 Å². The van der Waals surface area contributed by atoms with Crippen molar-refractivity contribution < 1.29 is 19.6 Å². The molecule has 1 aliphatic heterocycles. The Balaban J connectivity index is 2.33. The fourth-order valence-corrected chi connectivity index (χ4v) is 2.49. The fraction of sp³-hybridized carbons (Fsp3) is 0.133. The second-order valence-corrected chi connectivity index (χ2v) is 4.92. The molecule has 6 nitrogen and oxygen atoms in total. The standard InChI is InChI=1S/C15H11NO5/c1-15(14(17)18)12-8-9(16(19)20)6-7-10(12)11-4-2-3-5-13(11)21-15/h2-8H,1H3,(H,17,18). The van der Waals surface area contributed by atoms with Gasteiger partial charge in [-0.2, -0.15) is 0 Å². The van der Waals surface area contributed by atoms with E-state index in [9.17, 15) is 20.0 Å². The average Bonchev–Trinajstić information content (AvgIpc) is 2.46. The van der Waals surface area contributed by atoms with E-state index in [-0.39, 0.29) is 11.3 Å². The molecule has 1 aliphatic rings. The monoisotopic (exact) mass is 285 g/mol. The van der Waals surface area contributed by atoms with Gasteiger partial charge in [0.15, 0.2) is 0 Å². The van der Waals surface area contributed by atoms with Gasteiger partial charge in [-0.3, -0.25) is 10.1 Å². The topological polar surface area (TPSA) is 89.7 Å². The number of fused-ring (bicyclic) bond motifs is 3. The van der Waals surface area contributed by atoms with Gasteiger partial charge >= 0.3 is 5.97 Å². The lowest BCUT2D eigenvalue weighted by Gasteiger charge is -2.34. The van der Waals surface area contributed by atoms with Crippen LogP contribution >= 0.6 is 0 Å². The average molecular weight is 285 g/mol. The molecule has 1 unspecified atom stereocenters. The number of carbonyl (C=O) groups is 1. The van der Waals surface area contributed by atoms with E-state index in [0.717, 1.165) is 5.56 Å². The number of para-hydroxylation sites is 1. The number of carboxylic acid groups (broad SMARTS) is 1. The molecule has 0 amide bonds. The molecule has 21 heavy (non-hydrogen) atoms. The van der Waals surface area contributed by atoms with Crippen molar-refractivity contribution >= 4 is 11.7 Å². The lowest BCUT2D eigenvalue weighted by atomic mass is 9.84. The number of benzene rings is 2. The van der Waals surface area contributed by atoms with E-state index in [0.29, 0.717) is 11.3 Å². The highest BCUT2D eigenvalue weighted by Crippen LogP contribution is 2.46. The summed E-state index contributed by atoms with van der Waals surface area (Å²) in [5.41, 5.74) is -0.184. The molecule has 3 rings (SSSR count). The number of hydrogen-bond acceptors (Lipinski definition) is 4. The van der Waals surface area contributed by atoms with Crippen LogP contribution < -0.4 is 4.74 Å². The Kier molecular flexibility index (Phi) is 2.69. The van der Waals surface area contributed by atoms with Gasteiger partial charge in [0.25, 0.3) is 5.69 Å². The zero-order valence-electron chi connectivity index (χ0n) is 11.1. The molecule has 0 radical (unpaired) electrons. The second-order valence-electron chi connectivity index (χ2n) is 4.92. The Morgan fingerprint density at radius 2 is 1.95 bits per heavy atom. The summed E-state index contributed by atoms with van der Waals surface area (Å²) in [7, 11) is 0. The summed E-state index contributed by atoms with van der Waals surface area (Å²) in [6, 6.07) is 11.2. The summed E-state index contributed by atoms with van der Waals surface area (Å²) in [5, 5.41) is 20.4. The SMILES string of the molecule is CC1(C(=O)O)Oc2ccccc2-c2ccc([N+](=O)[O-])cc21. The van der Waals surface area contributed by atoms with Gasteiger partial charge < -0.3 is 9.84 Å². The Hall–Kier alpha value is -2.89. The zero-order chi connectivity index (χ0) is 15.2. The molecule has 6 heteroatoms. The normalized spacial score (nSPS) is 19.1. The first-order valence-corrected chi connectivity index (χ1v) is 6.24. The van der Waals surface area contributed by atoms with E-state index in [2.05, 4.69) is 0 Å². The molecule has 0 fully saturated rings. The molecule has 2 aromatic rings. The maximum absolute atomic E-state index is 11.6. The minimum Gasteiger partial charge on any atom is -0.478 e. The van der Waals surface area contributed by atoms with Crippen LogP contribution in [0.4, 0.5) is 5.69 Å². The van der Waals surface area contributed by atoms with Crippen molar-refractivity contribution in [3.8, 4) is 16.9 Å². The van der Waals surface area contributed by atoms with Crippen molar-refractivity contribution in [2.24, 2.45) is 0 Å². The van der Waals surface area contributed by atoms with Gasteiger partial charge in [0.05, 0.1) is 4.92 Å². The second kappa shape index (κ2) is 4.31. The smallest absolute Gasteiger partial charge is 0.352 e. The Morgan fingerprint density at radius 3 is 2.62 bits per heavy atom. The van der Waals surface area contributed by atoms with Gasteiger partial charge in [0, 0.05) is 23.3 Å². The van der Waals surface area contributed by atoms with E-state index >= 15 is 0 Å². The van der Waals surface area contributed by atoms with Crippen LogP contribution in [0.3, 0.4) is 0 Å². The lowest BCUT2D eigenvalue weighted by molar-refractivity contribution is -0.385. The van der Waals surface area contributed by atoms with Crippen molar-refractivity contribution in [3.63, 3.8) is 0 Å². The van der Waals surface area contributed by atoms with Crippen LogP contribution in [0.2, 0.25) is 0 Å². The number of non-ortho nitro benzene ring substituents is 1. The minimum atomic E-state index is -1.66. The predicted molar refractivity (Wildman–Crippen MR) is 74.1 cm³/mol. The lowest BCUT2D eigenvalue weighted by Crippen LogP contribution is -2.41. The number of nitrogens with zero attached hydrogens (tertiary/aromatic N) is 1. The van der Waals surface area contributed by atoms with Crippen LogP contribution in [-0.4, -0.2) is 16.0 Å². The fourth-order valence-electron chi connectivity index (χ4n) is 2.49. The molecule has 0 bridgehead atoms. The summed E-state index contributed by atoms with van der Waals surface area (Å²) in [4.78, 5) is 22.0. The number of ether oxygens (including phenoxy) is 1. The third-order valence-electron chi connectivity index (χ3n) is 3.63. The summed E-state index contributed by atoms with van der Waals surface area (Å²) < 4.78 is 5.62. The highest BCUT2D eigenvalue weighted by Gasteiger charge is 2.44. The number of nitro groups is 1. The first kappa shape index (κ1) is 13.1. The van der Waals surface area contributed by atoms with Crippen molar-refractivity contribution in [2.75, 3.05) is 0 Å². The molecule has 106 valence electrons. The predicted octanol–water partition coefficient (Wildman–Crippen LogP) is 2.95. The number of carboxylic acids is 1. The van der Waals surface area contributed by atoms with Crippen LogP contribution in [0.15, 0.2) is 42.5 Å². The van der Waals surface area contributed by atoms with Gasteiger partial charge in [-0.1, -0.05) is 18.2 Å². The molecule has 1 heterocycles. The van der Waals surface area contributed by atoms with Gasteiger partial charge in [0.2, 0.25) is 5.60 Å². The summed E-state index contributed by atoms with van der Waals surface area (Å²) in [5.74, 6) is -0.748. The van der Waals surface area contributed by atoms with Crippen LogP contribution in [0.5, 0.6) is 5.75 Å². The third kappa shape index (κ3) is 1.84. The molecule has 0 spiro atoms. The molecule has 1 N–H and O–H groups in total. The largest absolute Gasteiger partial charge is 0.478 e. The highest BCUT2D eigenvalue weighted by atomic mass is 16.6. The third-order valence-corrected chi connectivity index (χ3v) is 3.63. The molecule has 2 aromatic carbocycles. The van der Waals surface area contributed by atoms with Gasteiger partial charge in [0.1, 0.15) is 5.75 Å². The molecule has 0 saturated heterocycles. The maximum atomic E-state index is 11.6. The van der Waals surface area contributed by atoms with E-state index < -0.39 is 16.5 Å². The van der Waals surface area contributed by atoms with E-state index in [1.54, 1.807) is 30.3 Å². The number of rotatable bonds is 2. The van der Waals surface area contributed by atoms with Crippen molar-refractivity contribution in [1.82, 2.24) is 0 Å². The summed E-state index contributed by atoms with van der Waals surface area (Å²) >= 11 is 0. The van der Waals surface area contributed by atoms with E-state index in [1.165, 1.54) is 19.1 Å². The van der Waals surface area contributed by atoms with Crippen molar-refractivity contribution in [2.45, 2.75) is 12.5 Å². The molecule has 1 atom stereocenters. The van der Waals surface area contributed by atoms with Crippen LogP contribution in [-0.2, 0) is 10.4 Å². The Bertz CT molecular complexity index is 770. The first-order valence-electron chi connectivity index (χ1n) is 6.24. The van der Waals surface area contributed by atoms with Crippen LogP contribution in [0.25, 0.3) is 11.1 Å². The highest BCUT2D eigenvalue weighted by molar-refractivity contribution is 5.88. The van der Waals surface area contributed by atoms with Crippen LogP contribution in [0, 0.1) is 10.1 Å². The number of hydrogen-bond donors (Lipinski definition) is 1. The summed E-state index contributed by atoms with van der Waals surface area (Å²) in [6.07, 6.45) is 0. The first-order chi connectivity index (χ1) is 9.93. The molecule has 0 saturated carbocycles. The Labute approximate surface area is 119 Å². The van der Waals surface area contributed by atoms with Crippen molar-refractivity contribution in [1.29, 1.82) is 0 Å². The number of nitro benzene ring substituents is 1. The molecular weight excluding hydrogens is 274 g/mol. The molecule has 0 aliphatic carbocycles. The zero-order valence-corrected chi connectivity index (χ0v) is 11.1. The molecular formula is C15H11NO5. The van der Waals surface area contributed by atoms with Crippen LogP contribution in [0.1, 0.15) is 12.5 Å². The minimum absolute atomic E-state index is 0.163. The van der Waals surface area contributed by atoms with E-state index in [1.807, 2.05) is 0 Å². The van der Waals surface area contributed by atoms with Crippen molar-refractivity contribution in [3.05, 3.63) is 58.1 Å². The summed E-state index contributed by atoms with van der Waals surface area (Å²) in [6.45, 7) is 1.40. The van der Waals surface area contributed by atoms with Gasteiger partial charge in [-0.15, -0.1) is 0 Å². The van der Waals surface area contributed by atoms with E-state index in [4.69, 9.17) is 4.74 Å².